The molecule has 2 atom stereocenters. The van der Waals surface area contributed by atoms with Crippen LogP contribution in [-0.2, 0) is 4.79 Å². The number of nitrogens with zero attached hydrogens (tertiary/aromatic N) is 3. The van der Waals surface area contributed by atoms with Gasteiger partial charge >= 0.3 is 0 Å². The van der Waals surface area contributed by atoms with Crippen molar-refractivity contribution in [3.63, 3.8) is 0 Å². The Morgan fingerprint density at radius 2 is 1.93 bits per heavy atom. The molecule has 2 unspecified atom stereocenters. The fourth-order valence-corrected chi connectivity index (χ4v) is 1.29. The number of rotatable bonds is 5. The van der Waals surface area contributed by atoms with Gasteiger partial charge in [-0.2, -0.15) is 10.2 Å². The molecule has 0 bridgehead atoms. The zero-order valence-electron chi connectivity index (χ0n) is 9.21. The van der Waals surface area contributed by atoms with E-state index in [-0.39, 0.29) is 12.3 Å². The average molecular weight is 215 g/mol. The van der Waals surface area contributed by atoms with Gasteiger partial charge in [0.25, 0.3) is 0 Å². The minimum Gasteiger partial charge on any atom is -0.373 e. The van der Waals surface area contributed by atoms with E-state index in [1.165, 1.54) is 0 Å². The highest BCUT2D eigenvalue weighted by molar-refractivity contribution is 5.76. The molecule has 6 nitrogen and oxygen atoms in total. The second-order valence-electron chi connectivity index (χ2n) is 3.71. The van der Waals surface area contributed by atoms with Gasteiger partial charge < -0.3 is 10.2 Å². The molecule has 1 heterocycles. The lowest BCUT2D eigenvalue weighted by Crippen LogP contribution is -2.52. The lowest BCUT2D eigenvalue weighted by atomic mass is 10.2. The standard InChI is InChI=1S/C9H17N3O3/c1-4-6(13)12(7(14)5-2)8(15)9(3)10-11-9/h6,8,13,15H,4-5H2,1-3H3. The fourth-order valence-electron chi connectivity index (χ4n) is 1.29. The molecule has 0 aromatic heterocycles. The van der Waals surface area contributed by atoms with Gasteiger partial charge in [0.05, 0.1) is 0 Å². The Hall–Kier alpha value is -1.01. The SMILES string of the molecule is CCC(=O)N(C(O)CC)C(O)C1(C)N=N1. The minimum atomic E-state index is -1.18. The average Bonchev–Trinajstić information content (AvgIpc) is 2.97. The summed E-state index contributed by atoms with van der Waals surface area (Å²) in [4.78, 5) is 12.6. The maximum Gasteiger partial charge on any atom is 0.232 e. The van der Waals surface area contributed by atoms with Crippen molar-refractivity contribution in [2.75, 3.05) is 0 Å². The van der Waals surface area contributed by atoms with Crippen LogP contribution in [0.2, 0.25) is 0 Å². The molecular weight excluding hydrogens is 198 g/mol. The molecule has 0 fully saturated rings. The zero-order valence-corrected chi connectivity index (χ0v) is 9.21. The van der Waals surface area contributed by atoms with Crippen LogP contribution in [0.1, 0.15) is 33.6 Å². The van der Waals surface area contributed by atoms with Crippen LogP contribution in [-0.4, -0.2) is 39.1 Å². The quantitative estimate of drug-likeness (QED) is 0.653. The van der Waals surface area contributed by atoms with Crippen LogP contribution in [0.15, 0.2) is 10.2 Å². The van der Waals surface area contributed by atoms with Crippen LogP contribution in [0, 0.1) is 0 Å². The van der Waals surface area contributed by atoms with Crippen molar-refractivity contribution in [1.29, 1.82) is 0 Å². The molecule has 0 saturated heterocycles. The van der Waals surface area contributed by atoms with Crippen LogP contribution >= 0.6 is 0 Å². The third-order valence-corrected chi connectivity index (χ3v) is 2.44. The van der Waals surface area contributed by atoms with E-state index in [0.29, 0.717) is 6.42 Å². The number of amides is 1. The molecule has 0 radical (unpaired) electrons. The van der Waals surface area contributed by atoms with Crippen molar-refractivity contribution in [2.24, 2.45) is 10.2 Å². The second kappa shape index (κ2) is 4.24. The van der Waals surface area contributed by atoms with E-state index in [1.807, 2.05) is 0 Å². The predicted molar refractivity (Wildman–Crippen MR) is 52.7 cm³/mol. The van der Waals surface area contributed by atoms with Crippen LogP contribution in [0.25, 0.3) is 0 Å². The van der Waals surface area contributed by atoms with Crippen molar-refractivity contribution < 1.29 is 15.0 Å². The number of hydrogen-bond donors (Lipinski definition) is 2. The molecule has 0 aromatic rings. The van der Waals surface area contributed by atoms with Crippen LogP contribution < -0.4 is 0 Å². The monoisotopic (exact) mass is 215 g/mol. The first kappa shape index (κ1) is 12.1. The highest BCUT2D eigenvalue weighted by Gasteiger charge is 2.48. The van der Waals surface area contributed by atoms with Gasteiger partial charge in [-0.3, -0.25) is 9.69 Å². The van der Waals surface area contributed by atoms with E-state index in [0.717, 1.165) is 4.90 Å². The highest BCUT2D eigenvalue weighted by Crippen LogP contribution is 2.33. The molecule has 6 heteroatoms. The summed E-state index contributed by atoms with van der Waals surface area (Å²) in [5.74, 6) is -0.310. The summed E-state index contributed by atoms with van der Waals surface area (Å²) in [5.41, 5.74) is -0.957. The molecule has 0 aliphatic carbocycles. The Kier molecular flexibility index (Phi) is 3.41. The summed E-state index contributed by atoms with van der Waals surface area (Å²) in [6, 6.07) is 0. The highest BCUT2D eigenvalue weighted by atomic mass is 16.3. The summed E-state index contributed by atoms with van der Waals surface area (Å²) in [5, 5.41) is 26.8. The molecule has 2 N–H and O–H groups in total. The Labute approximate surface area is 88.6 Å². The predicted octanol–water partition coefficient (Wildman–Crippen LogP) is 0.454. The van der Waals surface area contributed by atoms with E-state index in [1.54, 1.807) is 20.8 Å². The van der Waals surface area contributed by atoms with Crippen LogP contribution in [0.5, 0.6) is 0 Å². The number of carbonyl (C=O) groups excluding carboxylic acids is 1. The van der Waals surface area contributed by atoms with Crippen molar-refractivity contribution in [2.45, 2.75) is 51.7 Å². The first-order chi connectivity index (χ1) is 6.96. The summed E-state index contributed by atoms with van der Waals surface area (Å²) in [7, 11) is 0. The summed E-state index contributed by atoms with van der Waals surface area (Å²) in [6.07, 6.45) is -1.58. The van der Waals surface area contributed by atoms with Gasteiger partial charge in [0.15, 0.2) is 6.23 Å². The number of aliphatic hydroxyl groups excluding tert-OH is 2. The Morgan fingerprint density at radius 1 is 1.40 bits per heavy atom. The van der Waals surface area contributed by atoms with E-state index in [2.05, 4.69) is 10.2 Å². The minimum absolute atomic E-state index is 0.226. The Balaban J connectivity index is 2.76. The largest absolute Gasteiger partial charge is 0.373 e. The first-order valence-electron chi connectivity index (χ1n) is 5.07. The van der Waals surface area contributed by atoms with Crippen molar-refractivity contribution in [3.8, 4) is 0 Å². The molecule has 15 heavy (non-hydrogen) atoms. The molecule has 0 spiro atoms. The van der Waals surface area contributed by atoms with E-state index in [9.17, 15) is 15.0 Å². The molecule has 86 valence electrons. The van der Waals surface area contributed by atoms with Crippen molar-refractivity contribution in [3.05, 3.63) is 0 Å². The normalized spacial score (nSPS) is 20.9. The first-order valence-corrected chi connectivity index (χ1v) is 5.07. The lowest BCUT2D eigenvalue weighted by Gasteiger charge is -2.32. The summed E-state index contributed by atoms with van der Waals surface area (Å²) >= 11 is 0. The molecule has 1 aliphatic heterocycles. The van der Waals surface area contributed by atoms with Gasteiger partial charge in [-0.05, 0) is 13.3 Å². The van der Waals surface area contributed by atoms with Gasteiger partial charge in [0, 0.05) is 6.42 Å². The fraction of sp³-hybridized carbons (Fsp3) is 0.889. The third-order valence-electron chi connectivity index (χ3n) is 2.44. The molecule has 1 aliphatic rings. The van der Waals surface area contributed by atoms with E-state index < -0.39 is 18.1 Å². The van der Waals surface area contributed by atoms with Gasteiger partial charge in [0.1, 0.15) is 6.23 Å². The second-order valence-corrected chi connectivity index (χ2v) is 3.71. The zero-order chi connectivity index (χ0) is 11.6. The third kappa shape index (κ3) is 2.32. The molecule has 1 amide bonds. The molecule has 0 saturated carbocycles. The number of aliphatic hydroxyl groups is 2. The Morgan fingerprint density at radius 3 is 2.27 bits per heavy atom. The van der Waals surface area contributed by atoms with E-state index >= 15 is 0 Å². The summed E-state index contributed by atoms with van der Waals surface area (Å²) < 4.78 is 0. The van der Waals surface area contributed by atoms with Gasteiger partial charge in [0.2, 0.25) is 11.6 Å². The van der Waals surface area contributed by atoms with Gasteiger partial charge in [-0.15, -0.1) is 0 Å². The van der Waals surface area contributed by atoms with Gasteiger partial charge in [-0.25, -0.2) is 0 Å². The van der Waals surface area contributed by atoms with Crippen LogP contribution in [0.3, 0.4) is 0 Å². The summed E-state index contributed by atoms with van der Waals surface area (Å²) in [6.45, 7) is 5.01. The van der Waals surface area contributed by atoms with Crippen molar-refractivity contribution in [1.82, 2.24) is 4.90 Å². The molecule has 1 rings (SSSR count). The topological polar surface area (TPSA) is 85.5 Å². The smallest absolute Gasteiger partial charge is 0.232 e. The Bertz CT molecular complexity index is 274. The van der Waals surface area contributed by atoms with Crippen molar-refractivity contribution >= 4 is 5.91 Å². The van der Waals surface area contributed by atoms with Gasteiger partial charge in [-0.1, -0.05) is 13.8 Å². The molecule has 0 aromatic carbocycles. The number of carbonyl (C=O) groups is 1. The van der Waals surface area contributed by atoms with Crippen LogP contribution in [0.4, 0.5) is 0 Å². The maximum absolute atomic E-state index is 11.6. The van der Waals surface area contributed by atoms with E-state index in [4.69, 9.17) is 0 Å². The lowest BCUT2D eigenvalue weighted by molar-refractivity contribution is -0.165. The number of hydrogen-bond acceptors (Lipinski definition) is 5. The maximum atomic E-state index is 11.6. The molecular formula is C9H17N3O3.